The van der Waals surface area contributed by atoms with Crippen molar-refractivity contribution in [2.45, 2.75) is 26.8 Å². The molecule has 0 spiro atoms. The zero-order chi connectivity index (χ0) is 19.8. The second-order valence-corrected chi connectivity index (χ2v) is 5.61. The van der Waals surface area contributed by atoms with Gasteiger partial charge in [0.05, 0.1) is 29.5 Å². The maximum atomic E-state index is 11.0. The molecule has 2 heterocycles. The van der Waals surface area contributed by atoms with Crippen molar-refractivity contribution in [1.82, 2.24) is 9.97 Å². The quantitative estimate of drug-likeness (QED) is 0.243. The molecule has 0 aliphatic rings. The Morgan fingerprint density at radius 1 is 1.00 bits per heavy atom. The summed E-state index contributed by atoms with van der Waals surface area (Å²) in [6.45, 7) is 4.65. The van der Waals surface area contributed by atoms with Crippen molar-refractivity contribution < 1.29 is 9.59 Å². The molecule has 1 atom stereocenters. The molecule has 27 heavy (non-hydrogen) atoms. The minimum atomic E-state index is -0.355. The molecule has 10 nitrogen and oxygen atoms in total. The van der Waals surface area contributed by atoms with Gasteiger partial charge in [0.25, 0.3) is 0 Å². The molecule has 0 saturated carbocycles. The van der Waals surface area contributed by atoms with Gasteiger partial charge in [0, 0.05) is 13.8 Å². The first-order valence-corrected chi connectivity index (χ1v) is 8.05. The lowest BCUT2D eigenvalue weighted by Crippen LogP contribution is -2.08. The molecular weight excluding hydrogens is 348 g/mol. The molecule has 140 valence electrons. The number of hydrogen-bond donors (Lipinski definition) is 3. The van der Waals surface area contributed by atoms with Crippen molar-refractivity contribution in [2.75, 3.05) is 10.6 Å². The highest BCUT2D eigenvalue weighted by atomic mass is 16.2. The van der Waals surface area contributed by atoms with Gasteiger partial charge in [-0.2, -0.15) is 10.2 Å². The maximum Gasteiger partial charge on any atom is 0.221 e. The lowest BCUT2D eigenvalue weighted by molar-refractivity contribution is -0.115. The van der Waals surface area contributed by atoms with Crippen LogP contribution in [0.3, 0.4) is 0 Å². The second-order valence-electron chi connectivity index (χ2n) is 5.61. The SMILES string of the molecule is CC(=O)Nc1ccc(/C(N=NC(C)c2ccc(NC(C)=O)cn2)=N/N)nc1. The van der Waals surface area contributed by atoms with E-state index in [0.29, 0.717) is 22.8 Å². The van der Waals surface area contributed by atoms with E-state index in [1.807, 2.05) is 6.92 Å². The Balaban J connectivity index is 2.07. The van der Waals surface area contributed by atoms with Crippen LogP contribution >= 0.6 is 0 Å². The average molecular weight is 368 g/mol. The maximum absolute atomic E-state index is 11.0. The van der Waals surface area contributed by atoms with E-state index in [2.05, 4.69) is 35.9 Å². The fourth-order valence-corrected chi connectivity index (χ4v) is 2.08. The average Bonchev–Trinajstić information content (AvgIpc) is 2.63. The molecule has 0 saturated heterocycles. The zero-order valence-corrected chi connectivity index (χ0v) is 15.2. The Bertz CT molecular complexity index is 860. The van der Waals surface area contributed by atoms with Crippen LogP contribution in [0, 0.1) is 0 Å². The molecule has 0 fully saturated rings. The molecule has 1 unspecified atom stereocenters. The smallest absolute Gasteiger partial charge is 0.221 e. The Hall–Kier alpha value is -3.69. The largest absolute Gasteiger partial charge is 0.325 e. The number of amides is 2. The van der Waals surface area contributed by atoms with Gasteiger partial charge in [-0.1, -0.05) is 0 Å². The normalized spacial score (nSPS) is 12.6. The number of hydrogen-bond acceptors (Lipinski definition) is 7. The number of azo groups is 1. The van der Waals surface area contributed by atoms with Crippen molar-refractivity contribution in [1.29, 1.82) is 0 Å². The van der Waals surface area contributed by atoms with Gasteiger partial charge in [-0.05, 0) is 31.2 Å². The van der Waals surface area contributed by atoms with Crippen LogP contribution in [0.4, 0.5) is 11.4 Å². The lowest BCUT2D eigenvalue weighted by Gasteiger charge is -2.07. The van der Waals surface area contributed by atoms with Crippen molar-refractivity contribution in [2.24, 2.45) is 21.2 Å². The summed E-state index contributed by atoms with van der Waals surface area (Å²) in [5.74, 6) is 5.17. The van der Waals surface area contributed by atoms with Crippen LogP contribution in [-0.2, 0) is 9.59 Å². The molecule has 2 amide bonds. The van der Waals surface area contributed by atoms with E-state index >= 15 is 0 Å². The van der Waals surface area contributed by atoms with Gasteiger partial charge in [-0.15, -0.1) is 5.11 Å². The van der Waals surface area contributed by atoms with E-state index < -0.39 is 0 Å². The van der Waals surface area contributed by atoms with E-state index in [1.165, 1.54) is 20.0 Å². The van der Waals surface area contributed by atoms with E-state index in [9.17, 15) is 9.59 Å². The molecule has 0 aliphatic heterocycles. The number of carbonyl (C=O) groups is 2. The van der Waals surface area contributed by atoms with Crippen LogP contribution in [0.1, 0.15) is 38.2 Å². The third-order valence-electron chi connectivity index (χ3n) is 3.30. The molecule has 2 aromatic heterocycles. The van der Waals surface area contributed by atoms with Crippen LogP contribution in [0.15, 0.2) is 52.0 Å². The monoisotopic (exact) mass is 368 g/mol. The fourth-order valence-electron chi connectivity index (χ4n) is 2.08. The third kappa shape index (κ3) is 5.96. The summed E-state index contributed by atoms with van der Waals surface area (Å²) < 4.78 is 0. The van der Waals surface area contributed by atoms with E-state index in [4.69, 9.17) is 5.84 Å². The Morgan fingerprint density at radius 2 is 1.59 bits per heavy atom. The summed E-state index contributed by atoms with van der Waals surface area (Å²) in [4.78, 5) is 30.5. The number of carbonyl (C=O) groups excluding carboxylic acids is 2. The predicted molar refractivity (Wildman–Crippen MR) is 101 cm³/mol. The minimum Gasteiger partial charge on any atom is -0.325 e. The Kier molecular flexibility index (Phi) is 6.64. The third-order valence-corrected chi connectivity index (χ3v) is 3.30. The molecule has 10 heteroatoms. The van der Waals surface area contributed by atoms with Crippen molar-refractivity contribution in [3.8, 4) is 0 Å². The number of hydrazone groups is 1. The summed E-state index contributed by atoms with van der Waals surface area (Å²) >= 11 is 0. The summed E-state index contributed by atoms with van der Waals surface area (Å²) in [5, 5.41) is 17.1. The van der Waals surface area contributed by atoms with Gasteiger partial charge in [0.2, 0.25) is 17.6 Å². The molecule has 0 aliphatic carbocycles. The first-order chi connectivity index (χ1) is 12.9. The first kappa shape index (κ1) is 19.6. The van der Waals surface area contributed by atoms with Crippen LogP contribution in [-0.4, -0.2) is 27.6 Å². The summed E-state index contributed by atoms with van der Waals surface area (Å²) in [5.41, 5.74) is 2.23. The number of aromatic nitrogens is 2. The molecular formula is C17H20N8O2. The van der Waals surface area contributed by atoms with Crippen molar-refractivity contribution >= 4 is 29.0 Å². The molecule has 2 rings (SSSR count). The highest BCUT2D eigenvalue weighted by Crippen LogP contribution is 2.17. The molecule has 0 bridgehead atoms. The number of anilines is 2. The summed E-state index contributed by atoms with van der Waals surface area (Å²) in [7, 11) is 0. The number of amidine groups is 1. The summed E-state index contributed by atoms with van der Waals surface area (Å²) in [6, 6.07) is 6.41. The van der Waals surface area contributed by atoms with Gasteiger partial charge in [0.15, 0.2) is 0 Å². The van der Waals surface area contributed by atoms with Crippen LogP contribution < -0.4 is 16.5 Å². The lowest BCUT2D eigenvalue weighted by atomic mass is 10.2. The van der Waals surface area contributed by atoms with Crippen LogP contribution in [0.2, 0.25) is 0 Å². The molecule has 0 radical (unpaired) electrons. The Labute approximate surface area is 156 Å². The minimum absolute atomic E-state index is 0.145. The zero-order valence-electron chi connectivity index (χ0n) is 15.2. The van der Waals surface area contributed by atoms with E-state index in [0.717, 1.165) is 0 Å². The number of nitrogens with zero attached hydrogens (tertiary/aromatic N) is 5. The number of rotatable bonds is 5. The van der Waals surface area contributed by atoms with E-state index in [1.54, 1.807) is 30.5 Å². The van der Waals surface area contributed by atoms with Crippen LogP contribution in [0.5, 0.6) is 0 Å². The number of nitrogens with one attached hydrogen (secondary N) is 2. The van der Waals surface area contributed by atoms with E-state index in [-0.39, 0.29) is 23.7 Å². The molecule has 0 aromatic carbocycles. The van der Waals surface area contributed by atoms with Gasteiger partial charge in [-0.3, -0.25) is 19.6 Å². The fraction of sp³-hybridized carbons (Fsp3) is 0.235. The number of nitrogens with two attached hydrogens (primary N) is 1. The van der Waals surface area contributed by atoms with Gasteiger partial charge in [-0.25, -0.2) is 0 Å². The highest BCUT2D eigenvalue weighted by molar-refractivity contribution is 5.97. The van der Waals surface area contributed by atoms with Gasteiger partial charge >= 0.3 is 0 Å². The second kappa shape index (κ2) is 9.13. The summed E-state index contributed by atoms with van der Waals surface area (Å²) in [6.07, 6.45) is 3.02. The highest BCUT2D eigenvalue weighted by Gasteiger charge is 2.09. The van der Waals surface area contributed by atoms with Crippen molar-refractivity contribution in [3.05, 3.63) is 48.0 Å². The van der Waals surface area contributed by atoms with Gasteiger partial charge in [0.1, 0.15) is 11.7 Å². The molecule has 4 N–H and O–H groups in total. The topological polar surface area (TPSA) is 147 Å². The van der Waals surface area contributed by atoms with Crippen molar-refractivity contribution in [3.63, 3.8) is 0 Å². The standard InChI is InChI=1S/C17H20N8O2/c1-10(15-6-4-13(8-19-15)21-11(2)26)24-25-17(23-18)16-7-5-14(9-20-16)22-12(3)27/h4-10H,18H2,1-3H3,(H,21,26)(H,22,27)/b23-17-,25-24?. The first-order valence-electron chi connectivity index (χ1n) is 8.05. The van der Waals surface area contributed by atoms with Crippen LogP contribution in [0.25, 0.3) is 0 Å². The number of pyridine rings is 2. The molecule has 2 aromatic rings. The van der Waals surface area contributed by atoms with Gasteiger partial charge < -0.3 is 16.5 Å². The predicted octanol–water partition coefficient (Wildman–Crippen LogP) is 2.23. The Morgan fingerprint density at radius 3 is 2.04 bits per heavy atom.